The minimum absolute atomic E-state index is 0.391. The van der Waals surface area contributed by atoms with E-state index in [1.807, 2.05) is 12.3 Å². The van der Waals surface area contributed by atoms with E-state index in [9.17, 15) is 0 Å². The molecule has 0 unspecified atom stereocenters. The lowest BCUT2D eigenvalue weighted by Gasteiger charge is -2.33. The van der Waals surface area contributed by atoms with Crippen molar-refractivity contribution in [2.24, 2.45) is 0 Å². The van der Waals surface area contributed by atoms with Gasteiger partial charge in [0.05, 0.1) is 17.5 Å². The molecule has 2 aromatic rings. The normalized spacial score (nSPS) is 17.0. The maximum absolute atomic E-state index is 6.32. The van der Waals surface area contributed by atoms with Crippen LogP contribution in [-0.4, -0.2) is 31.3 Å². The number of ether oxygens (including phenoxy) is 1. The molecule has 19 heavy (non-hydrogen) atoms. The molecule has 4 nitrogen and oxygen atoms in total. The third-order valence-electron chi connectivity index (χ3n) is 3.95. The first-order valence-corrected chi connectivity index (χ1v) is 6.69. The number of aromatic nitrogens is 1. The Bertz CT molecular complexity index is 577. The number of hydrogen-bond donors (Lipinski definition) is 1. The Hall–Kier alpha value is -1.81. The van der Waals surface area contributed by atoms with Gasteiger partial charge in [-0.2, -0.15) is 0 Å². The molecule has 1 saturated heterocycles. The van der Waals surface area contributed by atoms with Crippen LogP contribution in [0.4, 0.5) is 11.4 Å². The van der Waals surface area contributed by atoms with Crippen molar-refractivity contribution in [3.63, 3.8) is 0 Å². The van der Waals surface area contributed by atoms with Crippen molar-refractivity contribution in [2.75, 3.05) is 30.8 Å². The Morgan fingerprint density at radius 3 is 2.79 bits per heavy atom. The zero-order valence-electron chi connectivity index (χ0n) is 11.2. The molecule has 3 rings (SSSR count). The second-order valence-electron chi connectivity index (χ2n) is 5.02. The summed E-state index contributed by atoms with van der Waals surface area (Å²) < 4.78 is 5.41. The molecule has 1 aliphatic rings. The Kier molecular flexibility index (Phi) is 3.25. The highest BCUT2D eigenvalue weighted by atomic mass is 16.5. The first-order valence-electron chi connectivity index (χ1n) is 6.69. The van der Waals surface area contributed by atoms with Gasteiger partial charge in [0, 0.05) is 43.4 Å². The molecule has 0 aliphatic carbocycles. The number of anilines is 2. The van der Waals surface area contributed by atoms with Gasteiger partial charge in [-0.1, -0.05) is 6.07 Å². The molecule has 1 aromatic heterocycles. The van der Waals surface area contributed by atoms with Crippen LogP contribution >= 0.6 is 0 Å². The van der Waals surface area contributed by atoms with Gasteiger partial charge in [0.1, 0.15) is 0 Å². The summed E-state index contributed by atoms with van der Waals surface area (Å²) in [5, 5.41) is 2.18. The van der Waals surface area contributed by atoms with Crippen LogP contribution in [-0.2, 0) is 4.74 Å². The van der Waals surface area contributed by atoms with Crippen molar-refractivity contribution < 1.29 is 4.74 Å². The van der Waals surface area contributed by atoms with Crippen LogP contribution in [0.1, 0.15) is 12.8 Å². The van der Waals surface area contributed by atoms with E-state index in [-0.39, 0.29) is 0 Å². The van der Waals surface area contributed by atoms with Gasteiger partial charge in [-0.25, -0.2) is 0 Å². The molecule has 1 aliphatic heterocycles. The fourth-order valence-corrected chi connectivity index (χ4v) is 2.79. The van der Waals surface area contributed by atoms with Crippen molar-refractivity contribution in [1.29, 1.82) is 0 Å². The lowest BCUT2D eigenvalue weighted by molar-refractivity contribution is 0.0819. The van der Waals surface area contributed by atoms with Gasteiger partial charge in [-0.3, -0.25) is 4.98 Å². The number of piperidine rings is 1. The number of pyridine rings is 1. The van der Waals surface area contributed by atoms with Crippen molar-refractivity contribution in [2.45, 2.75) is 18.9 Å². The summed E-state index contributed by atoms with van der Waals surface area (Å²) in [5.41, 5.74) is 8.31. The fraction of sp³-hybridized carbons (Fsp3) is 0.400. The largest absolute Gasteiger partial charge is 0.397 e. The fourth-order valence-electron chi connectivity index (χ4n) is 2.79. The Morgan fingerprint density at radius 1 is 1.26 bits per heavy atom. The molecular weight excluding hydrogens is 238 g/mol. The molecule has 1 aromatic carbocycles. The Morgan fingerprint density at radius 2 is 2.05 bits per heavy atom. The number of nitrogens with zero attached hydrogens (tertiary/aromatic N) is 2. The molecule has 0 radical (unpaired) electrons. The average Bonchev–Trinajstić information content (AvgIpc) is 2.48. The van der Waals surface area contributed by atoms with E-state index in [0.29, 0.717) is 6.10 Å². The Balaban J connectivity index is 1.91. The maximum atomic E-state index is 6.32. The quantitative estimate of drug-likeness (QED) is 0.839. The van der Waals surface area contributed by atoms with Crippen LogP contribution in [0.3, 0.4) is 0 Å². The van der Waals surface area contributed by atoms with Crippen molar-refractivity contribution in [3.8, 4) is 0 Å². The first-order chi connectivity index (χ1) is 9.29. The van der Waals surface area contributed by atoms with Crippen molar-refractivity contribution >= 4 is 22.1 Å². The van der Waals surface area contributed by atoms with E-state index in [4.69, 9.17) is 10.5 Å². The van der Waals surface area contributed by atoms with Crippen LogP contribution in [0.25, 0.3) is 10.8 Å². The van der Waals surface area contributed by atoms with Gasteiger partial charge >= 0.3 is 0 Å². The lowest BCUT2D eigenvalue weighted by Crippen LogP contribution is -2.37. The molecule has 0 atom stereocenters. The number of methoxy groups -OCH3 is 1. The van der Waals surface area contributed by atoms with E-state index in [0.717, 1.165) is 48.1 Å². The third kappa shape index (κ3) is 2.24. The molecule has 0 amide bonds. The predicted octanol–water partition coefficient (Wildman–Crippen LogP) is 2.43. The standard InChI is InChI=1S/C15H19N3O/c1-19-12-5-8-18(9-6-12)14-3-2-11-10-17-7-4-13(11)15(14)16/h2-4,7,10,12H,5-6,8-9,16H2,1H3. The van der Waals surface area contributed by atoms with Crippen LogP contribution in [0.15, 0.2) is 30.6 Å². The molecule has 2 N–H and O–H groups in total. The van der Waals surface area contributed by atoms with Crippen LogP contribution in [0.5, 0.6) is 0 Å². The minimum Gasteiger partial charge on any atom is -0.397 e. The summed E-state index contributed by atoms with van der Waals surface area (Å²) in [6.07, 6.45) is 6.16. The van der Waals surface area contributed by atoms with Gasteiger partial charge < -0.3 is 15.4 Å². The summed E-state index contributed by atoms with van der Waals surface area (Å²) in [7, 11) is 1.79. The number of benzene rings is 1. The van der Waals surface area contributed by atoms with Gasteiger partial charge in [-0.05, 0) is 25.0 Å². The van der Waals surface area contributed by atoms with E-state index in [1.165, 1.54) is 0 Å². The summed E-state index contributed by atoms with van der Waals surface area (Å²) in [6, 6.07) is 6.18. The highest BCUT2D eigenvalue weighted by molar-refractivity contribution is 5.98. The number of nitrogens with two attached hydrogens (primary N) is 1. The summed E-state index contributed by atoms with van der Waals surface area (Å²) in [6.45, 7) is 2.00. The van der Waals surface area contributed by atoms with E-state index in [1.54, 1.807) is 13.3 Å². The highest BCUT2D eigenvalue weighted by Gasteiger charge is 2.20. The Labute approximate surface area is 113 Å². The number of fused-ring (bicyclic) bond motifs is 1. The smallest absolute Gasteiger partial charge is 0.0632 e. The van der Waals surface area contributed by atoms with E-state index in [2.05, 4.69) is 22.0 Å². The highest BCUT2D eigenvalue weighted by Crippen LogP contribution is 2.32. The van der Waals surface area contributed by atoms with Gasteiger partial charge in [0.2, 0.25) is 0 Å². The number of rotatable bonds is 2. The topological polar surface area (TPSA) is 51.4 Å². The second-order valence-corrected chi connectivity index (χ2v) is 5.02. The van der Waals surface area contributed by atoms with Gasteiger partial charge in [0.15, 0.2) is 0 Å². The van der Waals surface area contributed by atoms with Gasteiger partial charge in [-0.15, -0.1) is 0 Å². The molecule has 1 fully saturated rings. The SMILES string of the molecule is COC1CCN(c2ccc3cnccc3c2N)CC1. The van der Waals surface area contributed by atoms with E-state index >= 15 is 0 Å². The molecule has 0 bridgehead atoms. The second kappa shape index (κ2) is 5.05. The van der Waals surface area contributed by atoms with Crippen LogP contribution in [0.2, 0.25) is 0 Å². The third-order valence-corrected chi connectivity index (χ3v) is 3.95. The lowest BCUT2D eigenvalue weighted by atomic mass is 10.0. The maximum Gasteiger partial charge on any atom is 0.0632 e. The summed E-state index contributed by atoms with van der Waals surface area (Å²) in [5.74, 6) is 0. The zero-order chi connectivity index (χ0) is 13.2. The van der Waals surface area contributed by atoms with Crippen molar-refractivity contribution in [3.05, 3.63) is 30.6 Å². The van der Waals surface area contributed by atoms with Crippen LogP contribution in [0, 0.1) is 0 Å². The first kappa shape index (κ1) is 12.2. The monoisotopic (exact) mass is 257 g/mol. The van der Waals surface area contributed by atoms with E-state index < -0.39 is 0 Å². The summed E-state index contributed by atoms with van der Waals surface area (Å²) in [4.78, 5) is 6.48. The van der Waals surface area contributed by atoms with Crippen molar-refractivity contribution in [1.82, 2.24) is 4.98 Å². The molecule has 4 heteroatoms. The number of hydrogen-bond acceptors (Lipinski definition) is 4. The molecule has 0 spiro atoms. The molecular formula is C15H19N3O. The number of nitrogen functional groups attached to an aromatic ring is 1. The minimum atomic E-state index is 0.391. The predicted molar refractivity (Wildman–Crippen MR) is 78.4 cm³/mol. The summed E-state index contributed by atoms with van der Waals surface area (Å²) >= 11 is 0. The van der Waals surface area contributed by atoms with Gasteiger partial charge in [0.25, 0.3) is 0 Å². The molecule has 100 valence electrons. The van der Waals surface area contributed by atoms with Crippen LogP contribution < -0.4 is 10.6 Å². The molecule has 2 heterocycles. The zero-order valence-corrected chi connectivity index (χ0v) is 11.2. The molecule has 0 saturated carbocycles. The average molecular weight is 257 g/mol.